The number of carboxylic acid groups (broad SMARTS) is 1. The second-order valence-electron chi connectivity index (χ2n) is 3.89. The van der Waals surface area contributed by atoms with Gasteiger partial charge in [0, 0.05) is 30.3 Å². The van der Waals surface area contributed by atoms with Crippen molar-refractivity contribution in [2.75, 3.05) is 30.8 Å². The molecule has 2 N–H and O–H groups in total. The van der Waals surface area contributed by atoms with Gasteiger partial charge in [-0.05, 0) is 31.2 Å². The van der Waals surface area contributed by atoms with Gasteiger partial charge in [-0.25, -0.2) is 4.79 Å². The van der Waals surface area contributed by atoms with Crippen LogP contribution in [-0.2, 0) is 4.74 Å². The summed E-state index contributed by atoms with van der Waals surface area (Å²) in [5.74, 6) is -0.0301. The Kier molecular flexibility index (Phi) is 7.36. The fourth-order valence-electron chi connectivity index (χ4n) is 1.72. The highest BCUT2D eigenvalue weighted by atomic mass is 32.2. The molecule has 19 heavy (non-hydrogen) atoms. The van der Waals surface area contributed by atoms with Crippen molar-refractivity contribution >= 4 is 23.4 Å². The zero-order valence-corrected chi connectivity index (χ0v) is 12.3. The first-order chi connectivity index (χ1) is 9.20. The second-order valence-corrected chi connectivity index (χ2v) is 5.20. The van der Waals surface area contributed by atoms with Crippen LogP contribution in [0.4, 0.5) is 5.69 Å². The number of ether oxygens (including phenoxy) is 1. The minimum atomic E-state index is -0.885. The lowest BCUT2D eigenvalue weighted by atomic mass is 10.1. The van der Waals surface area contributed by atoms with Crippen LogP contribution in [0.5, 0.6) is 0 Å². The van der Waals surface area contributed by atoms with Crippen LogP contribution in [0.25, 0.3) is 0 Å². The Balaban J connectivity index is 2.70. The SMILES string of the molecule is CCOCCCNc1cccc(SCC)c1C(=O)O. The number of aromatic carboxylic acids is 1. The quantitative estimate of drug-likeness (QED) is 0.538. The van der Waals surface area contributed by atoms with Gasteiger partial charge >= 0.3 is 5.97 Å². The molecule has 0 heterocycles. The standard InChI is InChI=1S/C14H21NO3S/c1-3-18-10-6-9-15-11-7-5-8-12(19-4-2)13(11)14(16)17/h5,7-8,15H,3-4,6,9-10H2,1-2H3,(H,16,17). The third-order valence-electron chi connectivity index (χ3n) is 2.52. The maximum atomic E-state index is 11.4. The zero-order chi connectivity index (χ0) is 14.1. The first kappa shape index (κ1) is 15.9. The Bertz CT molecular complexity index is 410. The summed E-state index contributed by atoms with van der Waals surface area (Å²) in [6, 6.07) is 5.54. The molecule has 0 saturated heterocycles. The number of benzene rings is 1. The monoisotopic (exact) mass is 283 g/mol. The maximum absolute atomic E-state index is 11.4. The van der Waals surface area contributed by atoms with E-state index in [0.717, 1.165) is 17.1 Å². The van der Waals surface area contributed by atoms with Crippen molar-refractivity contribution in [3.8, 4) is 0 Å². The van der Waals surface area contributed by atoms with E-state index in [1.165, 1.54) is 0 Å². The Morgan fingerprint density at radius 2 is 2.21 bits per heavy atom. The molecule has 0 fully saturated rings. The van der Waals surface area contributed by atoms with E-state index in [4.69, 9.17) is 4.74 Å². The number of hydrogen-bond acceptors (Lipinski definition) is 4. The molecule has 0 radical (unpaired) electrons. The third kappa shape index (κ3) is 5.12. The van der Waals surface area contributed by atoms with E-state index in [1.807, 2.05) is 32.0 Å². The predicted molar refractivity (Wildman–Crippen MR) is 79.4 cm³/mol. The van der Waals surface area contributed by atoms with Crippen molar-refractivity contribution in [1.29, 1.82) is 0 Å². The molecule has 0 bridgehead atoms. The van der Waals surface area contributed by atoms with Gasteiger partial charge in [-0.1, -0.05) is 13.0 Å². The Morgan fingerprint density at radius 3 is 2.84 bits per heavy atom. The lowest BCUT2D eigenvalue weighted by Crippen LogP contribution is -2.10. The molecular weight excluding hydrogens is 262 g/mol. The van der Waals surface area contributed by atoms with Crippen LogP contribution in [0, 0.1) is 0 Å². The van der Waals surface area contributed by atoms with E-state index >= 15 is 0 Å². The van der Waals surface area contributed by atoms with Crippen LogP contribution in [0.1, 0.15) is 30.6 Å². The van der Waals surface area contributed by atoms with Gasteiger partial charge in [-0.15, -0.1) is 11.8 Å². The summed E-state index contributed by atoms with van der Waals surface area (Å²) < 4.78 is 5.25. The lowest BCUT2D eigenvalue weighted by molar-refractivity contribution is 0.0694. The Labute approximate surface area is 118 Å². The Hall–Kier alpha value is -1.20. The fraction of sp³-hybridized carbons (Fsp3) is 0.500. The van der Waals surface area contributed by atoms with E-state index in [-0.39, 0.29) is 0 Å². The third-order valence-corrected chi connectivity index (χ3v) is 3.46. The van der Waals surface area contributed by atoms with Gasteiger partial charge in [0.15, 0.2) is 0 Å². The van der Waals surface area contributed by atoms with Gasteiger partial charge in [-0.3, -0.25) is 0 Å². The Morgan fingerprint density at radius 1 is 1.42 bits per heavy atom. The molecular formula is C14H21NO3S. The van der Waals surface area contributed by atoms with Crippen LogP contribution in [0.15, 0.2) is 23.1 Å². The number of carboxylic acids is 1. The molecule has 4 nitrogen and oxygen atoms in total. The van der Waals surface area contributed by atoms with E-state index < -0.39 is 5.97 Å². The van der Waals surface area contributed by atoms with Crippen molar-refractivity contribution in [2.45, 2.75) is 25.2 Å². The highest BCUT2D eigenvalue weighted by Crippen LogP contribution is 2.28. The minimum absolute atomic E-state index is 0.366. The number of anilines is 1. The summed E-state index contributed by atoms with van der Waals surface area (Å²) in [7, 11) is 0. The molecule has 0 aliphatic carbocycles. The molecule has 1 rings (SSSR count). The highest BCUT2D eigenvalue weighted by Gasteiger charge is 2.14. The van der Waals surface area contributed by atoms with Crippen molar-refractivity contribution in [3.05, 3.63) is 23.8 Å². The smallest absolute Gasteiger partial charge is 0.338 e. The van der Waals surface area contributed by atoms with Crippen LogP contribution in [0.2, 0.25) is 0 Å². The van der Waals surface area contributed by atoms with Crippen molar-refractivity contribution < 1.29 is 14.6 Å². The number of rotatable bonds is 9. The first-order valence-electron chi connectivity index (χ1n) is 6.51. The molecule has 0 amide bonds. The maximum Gasteiger partial charge on any atom is 0.338 e. The molecule has 106 valence electrons. The van der Waals surface area contributed by atoms with Crippen LogP contribution < -0.4 is 5.32 Å². The van der Waals surface area contributed by atoms with Crippen molar-refractivity contribution in [2.24, 2.45) is 0 Å². The van der Waals surface area contributed by atoms with E-state index in [2.05, 4.69) is 5.32 Å². The van der Waals surface area contributed by atoms with Gasteiger partial charge in [0.25, 0.3) is 0 Å². The topological polar surface area (TPSA) is 58.6 Å². The van der Waals surface area contributed by atoms with Crippen LogP contribution in [-0.4, -0.2) is 36.6 Å². The normalized spacial score (nSPS) is 10.4. The molecule has 0 aliphatic heterocycles. The van der Waals surface area contributed by atoms with Gasteiger partial charge in [0.1, 0.15) is 0 Å². The van der Waals surface area contributed by atoms with Crippen LogP contribution in [0.3, 0.4) is 0 Å². The summed E-state index contributed by atoms with van der Waals surface area (Å²) in [6.45, 7) is 6.08. The van der Waals surface area contributed by atoms with E-state index in [9.17, 15) is 9.90 Å². The molecule has 1 aromatic rings. The highest BCUT2D eigenvalue weighted by molar-refractivity contribution is 7.99. The van der Waals surface area contributed by atoms with E-state index in [0.29, 0.717) is 31.0 Å². The number of thioether (sulfide) groups is 1. The number of carbonyl (C=O) groups is 1. The lowest BCUT2D eigenvalue weighted by Gasteiger charge is -2.12. The molecule has 0 spiro atoms. The number of nitrogens with one attached hydrogen (secondary N) is 1. The number of hydrogen-bond donors (Lipinski definition) is 2. The molecule has 0 aromatic heterocycles. The summed E-state index contributed by atoms with van der Waals surface area (Å²) in [5.41, 5.74) is 1.05. The summed E-state index contributed by atoms with van der Waals surface area (Å²) >= 11 is 1.55. The fourth-order valence-corrected chi connectivity index (χ4v) is 2.54. The molecule has 0 aliphatic rings. The van der Waals surface area contributed by atoms with Gasteiger partial charge in [0.05, 0.1) is 5.56 Å². The first-order valence-corrected chi connectivity index (χ1v) is 7.50. The molecule has 0 saturated carbocycles. The average Bonchev–Trinajstić information content (AvgIpc) is 2.38. The second kappa shape index (κ2) is 8.82. The molecule has 0 unspecified atom stereocenters. The van der Waals surface area contributed by atoms with Gasteiger partial charge in [-0.2, -0.15) is 0 Å². The minimum Gasteiger partial charge on any atom is -0.478 e. The summed E-state index contributed by atoms with van der Waals surface area (Å²) in [4.78, 5) is 12.2. The molecule has 0 atom stereocenters. The van der Waals surface area contributed by atoms with Crippen molar-refractivity contribution in [3.63, 3.8) is 0 Å². The summed E-state index contributed by atoms with van der Waals surface area (Å²) in [5, 5.41) is 12.5. The average molecular weight is 283 g/mol. The van der Waals surface area contributed by atoms with Crippen LogP contribution >= 0.6 is 11.8 Å². The van der Waals surface area contributed by atoms with Gasteiger partial charge < -0.3 is 15.2 Å². The predicted octanol–water partition coefficient (Wildman–Crippen LogP) is 3.34. The summed E-state index contributed by atoms with van der Waals surface area (Å²) in [6.07, 6.45) is 0.859. The zero-order valence-electron chi connectivity index (χ0n) is 11.4. The molecule has 1 aromatic carbocycles. The van der Waals surface area contributed by atoms with Gasteiger partial charge in [0.2, 0.25) is 0 Å². The van der Waals surface area contributed by atoms with E-state index in [1.54, 1.807) is 11.8 Å². The largest absolute Gasteiger partial charge is 0.478 e. The van der Waals surface area contributed by atoms with Crippen molar-refractivity contribution in [1.82, 2.24) is 0 Å². The molecule has 5 heteroatoms.